The number of hydrogen-bond donors (Lipinski definition) is 1. The molecule has 2 aromatic rings. The Bertz CT molecular complexity index is 886. The lowest BCUT2D eigenvalue weighted by Gasteiger charge is -2.19. The van der Waals surface area contributed by atoms with Crippen LogP contribution in [0.3, 0.4) is 0 Å². The maximum Gasteiger partial charge on any atom is 0.255 e. The van der Waals surface area contributed by atoms with Gasteiger partial charge in [0.25, 0.3) is 5.91 Å². The molecule has 0 aromatic heterocycles. The van der Waals surface area contributed by atoms with E-state index in [1.807, 2.05) is 30.3 Å². The van der Waals surface area contributed by atoms with E-state index in [-0.39, 0.29) is 27.4 Å². The number of likely N-dealkylation sites (N-methyl/N-ethyl adjacent to an activating group) is 1. The van der Waals surface area contributed by atoms with Gasteiger partial charge in [-0.15, -0.1) is 0 Å². The van der Waals surface area contributed by atoms with Gasteiger partial charge in [-0.2, -0.15) is 0 Å². The number of amides is 1. The van der Waals surface area contributed by atoms with Gasteiger partial charge >= 0.3 is 0 Å². The quantitative estimate of drug-likeness (QED) is 0.725. The van der Waals surface area contributed by atoms with Gasteiger partial charge in [-0.05, 0) is 44.2 Å². The zero-order valence-corrected chi connectivity index (χ0v) is 17.0. The van der Waals surface area contributed by atoms with Crippen LogP contribution >= 0.6 is 11.6 Å². The predicted molar refractivity (Wildman–Crippen MR) is 106 cm³/mol. The number of benzene rings is 2. The highest BCUT2D eigenvalue weighted by Crippen LogP contribution is 2.22. The minimum Gasteiger partial charge on any atom is -0.492 e. The van der Waals surface area contributed by atoms with Gasteiger partial charge in [0.15, 0.2) is 0 Å². The summed E-state index contributed by atoms with van der Waals surface area (Å²) in [5.74, 6) is 0.336. The monoisotopic (exact) mass is 410 g/mol. The minimum absolute atomic E-state index is 0.00196. The first kappa shape index (κ1) is 21.2. The number of rotatable bonds is 8. The van der Waals surface area contributed by atoms with E-state index in [0.29, 0.717) is 18.9 Å². The largest absolute Gasteiger partial charge is 0.492 e. The molecule has 0 unspecified atom stereocenters. The zero-order chi connectivity index (χ0) is 20.0. The molecule has 6 nitrogen and oxygen atoms in total. The SMILES string of the molecule is CC(C)NS(=O)(=O)c1ccc(Cl)c(C(=O)N(C)CCOc2ccccc2)c1. The van der Waals surface area contributed by atoms with Gasteiger partial charge in [0.2, 0.25) is 10.0 Å². The highest BCUT2D eigenvalue weighted by molar-refractivity contribution is 7.89. The maximum atomic E-state index is 12.7. The van der Waals surface area contributed by atoms with Gasteiger partial charge in [0, 0.05) is 13.1 Å². The van der Waals surface area contributed by atoms with Crippen molar-refractivity contribution in [2.24, 2.45) is 0 Å². The zero-order valence-electron chi connectivity index (χ0n) is 15.5. The van der Waals surface area contributed by atoms with Crippen LogP contribution < -0.4 is 9.46 Å². The van der Waals surface area contributed by atoms with E-state index in [9.17, 15) is 13.2 Å². The summed E-state index contributed by atoms with van der Waals surface area (Å²) in [5.41, 5.74) is 0.130. The number of hydrogen-bond acceptors (Lipinski definition) is 4. The molecule has 0 radical (unpaired) electrons. The third-order valence-electron chi connectivity index (χ3n) is 3.65. The van der Waals surface area contributed by atoms with Crippen LogP contribution in [0, 0.1) is 0 Å². The standard InChI is InChI=1S/C19H23ClN2O4S/c1-14(2)21-27(24,25)16-9-10-18(20)17(13-16)19(23)22(3)11-12-26-15-7-5-4-6-8-15/h4-10,13-14,21H,11-12H2,1-3H3. The smallest absolute Gasteiger partial charge is 0.255 e. The van der Waals surface area contributed by atoms with Crippen LogP contribution in [-0.4, -0.2) is 45.5 Å². The molecular formula is C19H23ClN2O4S. The normalized spacial score (nSPS) is 11.4. The number of para-hydroxylation sites is 1. The summed E-state index contributed by atoms with van der Waals surface area (Å²) in [6, 6.07) is 13.1. The van der Waals surface area contributed by atoms with Crippen molar-refractivity contribution in [3.05, 3.63) is 59.1 Å². The fraction of sp³-hybridized carbons (Fsp3) is 0.316. The fourth-order valence-electron chi connectivity index (χ4n) is 2.34. The Hall–Kier alpha value is -2.09. The number of carbonyl (C=O) groups is 1. The van der Waals surface area contributed by atoms with E-state index in [4.69, 9.17) is 16.3 Å². The Balaban J connectivity index is 2.09. The highest BCUT2D eigenvalue weighted by Gasteiger charge is 2.21. The number of sulfonamides is 1. The third kappa shape index (κ3) is 5.95. The first-order chi connectivity index (χ1) is 12.7. The molecule has 0 aliphatic carbocycles. The van der Waals surface area contributed by atoms with E-state index in [1.165, 1.54) is 23.1 Å². The third-order valence-corrected chi connectivity index (χ3v) is 5.64. The Kier molecular flexibility index (Phi) is 7.24. The molecule has 0 fully saturated rings. The summed E-state index contributed by atoms with van der Waals surface area (Å²) in [4.78, 5) is 14.1. The highest BCUT2D eigenvalue weighted by atomic mass is 35.5. The van der Waals surface area contributed by atoms with Crippen molar-refractivity contribution >= 4 is 27.5 Å². The topological polar surface area (TPSA) is 75.7 Å². The van der Waals surface area contributed by atoms with Crippen molar-refractivity contribution in [2.75, 3.05) is 20.2 Å². The van der Waals surface area contributed by atoms with E-state index in [0.717, 1.165) is 0 Å². The molecule has 8 heteroatoms. The first-order valence-corrected chi connectivity index (χ1v) is 10.3. The molecular weight excluding hydrogens is 388 g/mol. The first-order valence-electron chi connectivity index (χ1n) is 8.46. The Morgan fingerprint density at radius 3 is 2.48 bits per heavy atom. The average molecular weight is 411 g/mol. The van der Waals surface area contributed by atoms with Crippen molar-refractivity contribution in [2.45, 2.75) is 24.8 Å². The molecule has 2 aromatic carbocycles. The van der Waals surface area contributed by atoms with Gasteiger partial charge < -0.3 is 9.64 Å². The molecule has 0 atom stereocenters. The number of carbonyl (C=O) groups excluding carboxylic acids is 1. The summed E-state index contributed by atoms with van der Waals surface area (Å²) >= 11 is 6.13. The number of ether oxygens (including phenoxy) is 1. The number of nitrogens with one attached hydrogen (secondary N) is 1. The lowest BCUT2D eigenvalue weighted by Crippen LogP contribution is -2.32. The summed E-state index contributed by atoms with van der Waals surface area (Å²) in [5, 5.41) is 0.194. The fourth-order valence-corrected chi connectivity index (χ4v) is 3.81. The molecule has 0 bridgehead atoms. The molecule has 0 heterocycles. The lowest BCUT2D eigenvalue weighted by atomic mass is 10.2. The summed E-state index contributed by atoms with van der Waals surface area (Å²) in [7, 11) is -2.10. The molecule has 0 saturated carbocycles. The van der Waals surface area contributed by atoms with E-state index in [1.54, 1.807) is 20.9 Å². The van der Waals surface area contributed by atoms with E-state index in [2.05, 4.69) is 4.72 Å². The molecule has 1 N–H and O–H groups in total. The van der Waals surface area contributed by atoms with Gasteiger partial charge in [0.1, 0.15) is 12.4 Å². The van der Waals surface area contributed by atoms with Crippen LogP contribution in [0.2, 0.25) is 5.02 Å². The van der Waals surface area contributed by atoms with E-state index >= 15 is 0 Å². The second-order valence-corrected chi connectivity index (χ2v) is 8.43. The van der Waals surface area contributed by atoms with Gasteiger partial charge in [-0.3, -0.25) is 4.79 Å². The average Bonchev–Trinajstić information content (AvgIpc) is 2.61. The number of halogens is 1. The van der Waals surface area contributed by atoms with Crippen LogP contribution in [0.4, 0.5) is 0 Å². The summed E-state index contributed by atoms with van der Waals surface area (Å²) in [6.45, 7) is 4.07. The second-order valence-electron chi connectivity index (χ2n) is 6.31. The predicted octanol–water partition coefficient (Wildman–Crippen LogP) is 3.18. The molecule has 0 saturated heterocycles. The van der Waals surface area contributed by atoms with Gasteiger partial charge in [-0.25, -0.2) is 13.1 Å². The molecule has 27 heavy (non-hydrogen) atoms. The number of nitrogens with zero attached hydrogens (tertiary/aromatic N) is 1. The van der Waals surface area contributed by atoms with Gasteiger partial charge in [-0.1, -0.05) is 29.8 Å². The molecule has 0 aliphatic rings. The lowest BCUT2D eigenvalue weighted by molar-refractivity contribution is 0.0773. The van der Waals surface area contributed by atoms with E-state index < -0.39 is 10.0 Å². The Morgan fingerprint density at radius 1 is 1.19 bits per heavy atom. The van der Waals surface area contributed by atoms with Crippen LogP contribution in [0.5, 0.6) is 5.75 Å². The van der Waals surface area contributed by atoms with Crippen molar-refractivity contribution in [1.82, 2.24) is 9.62 Å². The molecule has 1 amide bonds. The van der Waals surface area contributed by atoms with Crippen molar-refractivity contribution < 1.29 is 17.9 Å². The maximum absolute atomic E-state index is 12.7. The second kappa shape index (κ2) is 9.21. The molecule has 2 rings (SSSR count). The van der Waals surface area contributed by atoms with Crippen LogP contribution in [0.1, 0.15) is 24.2 Å². The molecule has 0 aliphatic heterocycles. The van der Waals surface area contributed by atoms with Gasteiger partial charge in [0.05, 0.1) is 22.0 Å². The summed E-state index contributed by atoms with van der Waals surface area (Å²) in [6.07, 6.45) is 0. The van der Waals surface area contributed by atoms with Crippen molar-refractivity contribution in [3.8, 4) is 5.75 Å². The molecule has 146 valence electrons. The van der Waals surface area contributed by atoms with Crippen molar-refractivity contribution in [1.29, 1.82) is 0 Å². The Labute approximate surface area is 165 Å². The van der Waals surface area contributed by atoms with Crippen molar-refractivity contribution in [3.63, 3.8) is 0 Å². The van der Waals surface area contributed by atoms with Crippen LogP contribution in [0.25, 0.3) is 0 Å². The van der Waals surface area contributed by atoms with Crippen LogP contribution in [0.15, 0.2) is 53.4 Å². The summed E-state index contributed by atoms with van der Waals surface area (Å²) < 4.78 is 32.7. The minimum atomic E-state index is -3.72. The van der Waals surface area contributed by atoms with Crippen LogP contribution in [-0.2, 0) is 10.0 Å². The molecule has 0 spiro atoms. The Morgan fingerprint density at radius 2 is 1.85 bits per heavy atom.